The van der Waals surface area contributed by atoms with Gasteiger partial charge in [-0.1, -0.05) is 23.7 Å². The lowest BCUT2D eigenvalue weighted by Gasteiger charge is -2.21. The van der Waals surface area contributed by atoms with Crippen molar-refractivity contribution in [3.8, 4) is 11.5 Å². The largest absolute Gasteiger partial charge is 0.495 e. The minimum absolute atomic E-state index is 0.223. The highest BCUT2D eigenvalue weighted by Gasteiger charge is 2.21. The second kappa shape index (κ2) is 7.13. The zero-order chi connectivity index (χ0) is 15.4. The number of ether oxygens (including phenoxy) is 2. The Hall–Kier alpha value is -1.27. The standard InChI is InChI=1S/C15H16BrClN2O2/c1-20-12-8-7-11(15(21-2)13(12)16)14(19-18)9-3-5-10(17)6-4-9/h3-8,14,19H,18H2,1-2H3. The minimum Gasteiger partial charge on any atom is -0.495 e. The van der Waals surface area contributed by atoms with Crippen LogP contribution in [0.5, 0.6) is 11.5 Å². The van der Waals surface area contributed by atoms with Crippen LogP contribution in [0.4, 0.5) is 0 Å². The monoisotopic (exact) mass is 370 g/mol. The summed E-state index contributed by atoms with van der Waals surface area (Å²) in [5.41, 5.74) is 4.69. The lowest BCUT2D eigenvalue weighted by molar-refractivity contribution is 0.383. The number of halogens is 2. The number of hydrogen-bond donors (Lipinski definition) is 2. The molecule has 0 fully saturated rings. The molecular weight excluding hydrogens is 356 g/mol. The zero-order valence-corrected chi connectivity index (χ0v) is 14.0. The molecule has 1 unspecified atom stereocenters. The molecule has 112 valence electrons. The van der Waals surface area contributed by atoms with E-state index in [9.17, 15) is 0 Å². The van der Waals surface area contributed by atoms with Gasteiger partial charge in [-0.15, -0.1) is 0 Å². The fourth-order valence-electron chi connectivity index (χ4n) is 2.17. The highest BCUT2D eigenvalue weighted by Crippen LogP contribution is 2.41. The average molecular weight is 372 g/mol. The van der Waals surface area contributed by atoms with Crippen molar-refractivity contribution < 1.29 is 9.47 Å². The van der Waals surface area contributed by atoms with E-state index < -0.39 is 0 Å². The first-order chi connectivity index (χ1) is 10.1. The van der Waals surface area contributed by atoms with Crippen LogP contribution in [0.3, 0.4) is 0 Å². The Bertz CT molecular complexity index is 620. The fourth-order valence-corrected chi connectivity index (χ4v) is 2.98. The van der Waals surface area contributed by atoms with Gasteiger partial charge in [0, 0.05) is 10.6 Å². The van der Waals surface area contributed by atoms with Crippen LogP contribution in [0.2, 0.25) is 5.02 Å². The van der Waals surface area contributed by atoms with E-state index in [1.807, 2.05) is 36.4 Å². The number of hydrogen-bond acceptors (Lipinski definition) is 4. The van der Waals surface area contributed by atoms with E-state index in [0.29, 0.717) is 16.5 Å². The molecule has 0 radical (unpaired) electrons. The Kier molecular flexibility index (Phi) is 5.47. The highest BCUT2D eigenvalue weighted by atomic mass is 79.9. The van der Waals surface area contributed by atoms with Gasteiger partial charge in [0.2, 0.25) is 0 Å². The number of nitrogens with one attached hydrogen (secondary N) is 1. The van der Waals surface area contributed by atoms with Crippen molar-refractivity contribution in [2.75, 3.05) is 14.2 Å². The Morgan fingerprint density at radius 1 is 1.10 bits per heavy atom. The number of nitrogens with two attached hydrogens (primary N) is 1. The van der Waals surface area contributed by atoms with Gasteiger partial charge in [-0.25, -0.2) is 5.43 Å². The van der Waals surface area contributed by atoms with Gasteiger partial charge in [-0.3, -0.25) is 5.84 Å². The summed E-state index contributed by atoms with van der Waals surface area (Å²) >= 11 is 9.42. The van der Waals surface area contributed by atoms with Crippen LogP contribution >= 0.6 is 27.5 Å². The number of benzene rings is 2. The van der Waals surface area contributed by atoms with Crippen molar-refractivity contribution in [2.24, 2.45) is 5.84 Å². The van der Waals surface area contributed by atoms with Crippen molar-refractivity contribution in [3.05, 3.63) is 57.0 Å². The van der Waals surface area contributed by atoms with Crippen molar-refractivity contribution in [1.82, 2.24) is 5.43 Å². The van der Waals surface area contributed by atoms with E-state index in [4.69, 9.17) is 26.9 Å². The molecule has 0 saturated heterocycles. The molecular formula is C15H16BrClN2O2. The molecule has 0 aliphatic rings. The summed E-state index contributed by atoms with van der Waals surface area (Å²) in [6, 6.07) is 11.1. The fraction of sp³-hybridized carbons (Fsp3) is 0.200. The van der Waals surface area contributed by atoms with Crippen LogP contribution in [-0.2, 0) is 0 Å². The molecule has 0 aliphatic carbocycles. The van der Waals surface area contributed by atoms with Crippen LogP contribution in [0.25, 0.3) is 0 Å². The average Bonchev–Trinajstić information content (AvgIpc) is 2.50. The topological polar surface area (TPSA) is 56.5 Å². The third-order valence-electron chi connectivity index (χ3n) is 3.20. The van der Waals surface area contributed by atoms with Gasteiger partial charge in [0.25, 0.3) is 0 Å². The van der Waals surface area contributed by atoms with Gasteiger partial charge < -0.3 is 9.47 Å². The molecule has 2 aromatic rings. The first kappa shape index (κ1) is 16.1. The maximum atomic E-state index is 5.93. The normalized spacial score (nSPS) is 12.0. The van der Waals surface area contributed by atoms with Crippen LogP contribution < -0.4 is 20.7 Å². The van der Waals surface area contributed by atoms with Gasteiger partial charge >= 0.3 is 0 Å². The van der Waals surface area contributed by atoms with Crippen molar-refractivity contribution in [1.29, 1.82) is 0 Å². The summed E-state index contributed by atoms with van der Waals surface area (Å²) in [7, 11) is 3.22. The molecule has 3 N–H and O–H groups in total. The molecule has 4 nitrogen and oxygen atoms in total. The SMILES string of the molecule is COc1ccc(C(NN)c2ccc(Cl)cc2)c(OC)c1Br. The summed E-state index contributed by atoms with van der Waals surface area (Å²) in [6.07, 6.45) is 0. The van der Waals surface area contributed by atoms with Crippen LogP contribution in [0.1, 0.15) is 17.2 Å². The first-order valence-electron chi connectivity index (χ1n) is 6.24. The number of methoxy groups -OCH3 is 2. The molecule has 0 heterocycles. The molecule has 0 bridgehead atoms. The molecule has 2 rings (SSSR count). The summed E-state index contributed by atoms with van der Waals surface area (Å²) in [5, 5.41) is 0.678. The molecule has 0 amide bonds. The van der Waals surface area contributed by atoms with Crippen molar-refractivity contribution in [3.63, 3.8) is 0 Å². The molecule has 6 heteroatoms. The Morgan fingerprint density at radius 2 is 1.76 bits per heavy atom. The van der Waals surface area contributed by atoms with Gasteiger partial charge in [0.05, 0.1) is 20.3 Å². The number of hydrazine groups is 1. The number of rotatable bonds is 5. The lowest BCUT2D eigenvalue weighted by atomic mass is 9.98. The van der Waals surface area contributed by atoms with Crippen LogP contribution in [0, 0.1) is 0 Å². The smallest absolute Gasteiger partial charge is 0.141 e. The van der Waals surface area contributed by atoms with Gasteiger partial charge in [-0.2, -0.15) is 0 Å². The predicted octanol–water partition coefficient (Wildman–Crippen LogP) is 3.67. The van der Waals surface area contributed by atoms with E-state index in [2.05, 4.69) is 21.4 Å². The third kappa shape index (κ3) is 3.32. The van der Waals surface area contributed by atoms with Crippen molar-refractivity contribution in [2.45, 2.75) is 6.04 Å². The Morgan fingerprint density at radius 3 is 2.29 bits per heavy atom. The molecule has 2 aromatic carbocycles. The summed E-state index contributed by atoms with van der Waals surface area (Å²) in [5.74, 6) is 7.10. The predicted molar refractivity (Wildman–Crippen MR) is 87.9 cm³/mol. The molecule has 21 heavy (non-hydrogen) atoms. The van der Waals surface area contributed by atoms with Crippen molar-refractivity contribution >= 4 is 27.5 Å². The van der Waals surface area contributed by atoms with Crippen LogP contribution in [0.15, 0.2) is 40.9 Å². The maximum absolute atomic E-state index is 5.93. The quantitative estimate of drug-likeness (QED) is 0.622. The maximum Gasteiger partial charge on any atom is 0.141 e. The van der Waals surface area contributed by atoms with E-state index in [1.54, 1.807) is 14.2 Å². The van der Waals surface area contributed by atoms with E-state index >= 15 is 0 Å². The summed E-state index contributed by atoms with van der Waals surface area (Å²) in [6.45, 7) is 0. The lowest BCUT2D eigenvalue weighted by Crippen LogP contribution is -2.29. The van der Waals surface area contributed by atoms with Gasteiger partial charge in [0.1, 0.15) is 16.0 Å². The van der Waals surface area contributed by atoms with E-state index in [0.717, 1.165) is 15.6 Å². The van der Waals surface area contributed by atoms with E-state index in [1.165, 1.54) is 0 Å². The van der Waals surface area contributed by atoms with Gasteiger partial charge in [0.15, 0.2) is 0 Å². The minimum atomic E-state index is -0.223. The zero-order valence-electron chi connectivity index (χ0n) is 11.7. The molecule has 0 spiro atoms. The second-order valence-electron chi connectivity index (χ2n) is 4.36. The molecule has 0 saturated carbocycles. The summed E-state index contributed by atoms with van der Waals surface area (Å²) < 4.78 is 11.5. The summed E-state index contributed by atoms with van der Waals surface area (Å²) in [4.78, 5) is 0. The van der Waals surface area contributed by atoms with Crippen LogP contribution in [-0.4, -0.2) is 14.2 Å². The molecule has 0 aromatic heterocycles. The first-order valence-corrected chi connectivity index (χ1v) is 7.41. The Balaban J connectivity index is 2.52. The Labute approximate surface area is 137 Å². The third-order valence-corrected chi connectivity index (χ3v) is 4.20. The molecule has 1 atom stereocenters. The van der Waals surface area contributed by atoms with E-state index in [-0.39, 0.29) is 6.04 Å². The molecule has 0 aliphatic heterocycles. The van der Waals surface area contributed by atoms with Gasteiger partial charge in [-0.05, 0) is 45.8 Å². The second-order valence-corrected chi connectivity index (χ2v) is 5.58. The highest BCUT2D eigenvalue weighted by molar-refractivity contribution is 9.10.